The van der Waals surface area contributed by atoms with E-state index in [1.807, 2.05) is 0 Å². The molecule has 3 rings (SSSR count). The number of amides is 3. The summed E-state index contributed by atoms with van der Waals surface area (Å²) in [6, 6.07) is 7.27. The Hall–Kier alpha value is -3.53. The Morgan fingerprint density at radius 2 is 2.04 bits per heavy atom. The van der Waals surface area contributed by atoms with Crippen LogP contribution in [0.15, 0.2) is 41.9 Å². The minimum absolute atomic E-state index is 0.0257. The van der Waals surface area contributed by atoms with Gasteiger partial charge < -0.3 is 21.4 Å². The molecule has 0 aliphatic carbocycles. The third-order valence-electron chi connectivity index (χ3n) is 3.69. The molecule has 0 radical (unpaired) electrons. The van der Waals surface area contributed by atoms with Gasteiger partial charge in [0.25, 0.3) is 5.91 Å². The Morgan fingerprint density at radius 1 is 1.21 bits per heavy atom. The van der Waals surface area contributed by atoms with Crippen LogP contribution in [0.25, 0.3) is 11.3 Å². The summed E-state index contributed by atoms with van der Waals surface area (Å²) in [7, 11) is 0. The normalized spacial score (nSPS) is 10.5. The summed E-state index contributed by atoms with van der Waals surface area (Å²) < 4.78 is 13.1. The van der Waals surface area contributed by atoms with Gasteiger partial charge in [0.15, 0.2) is 5.13 Å². The highest BCUT2D eigenvalue weighted by Crippen LogP contribution is 2.25. The van der Waals surface area contributed by atoms with E-state index >= 15 is 0 Å². The van der Waals surface area contributed by atoms with Gasteiger partial charge in [-0.2, -0.15) is 0 Å². The van der Waals surface area contributed by atoms with E-state index in [2.05, 4.69) is 20.6 Å². The van der Waals surface area contributed by atoms with E-state index < -0.39 is 23.5 Å². The molecule has 0 aliphatic heterocycles. The summed E-state index contributed by atoms with van der Waals surface area (Å²) in [6.45, 7) is -0.237. The monoisotopic (exact) mass is 401 g/mol. The van der Waals surface area contributed by atoms with Crippen LogP contribution < -0.4 is 16.4 Å². The maximum Gasteiger partial charge on any atom is 0.265 e. The van der Waals surface area contributed by atoms with Crippen molar-refractivity contribution in [3.63, 3.8) is 0 Å². The number of halogens is 1. The Bertz CT molecular complexity index is 1030. The van der Waals surface area contributed by atoms with Gasteiger partial charge in [-0.15, -0.1) is 11.3 Å². The van der Waals surface area contributed by atoms with Gasteiger partial charge in [-0.1, -0.05) is 12.1 Å². The van der Waals surface area contributed by atoms with Crippen LogP contribution in [0.2, 0.25) is 0 Å². The van der Waals surface area contributed by atoms with Crippen LogP contribution in [0.1, 0.15) is 16.1 Å². The fraction of sp³-hybridized carbons (Fsp3) is 0.111. The molecule has 3 aromatic rings. The number of H-pyrrole nitrogens is 1. The van der Waals surface area contributed by atoms with Gasteiger partial charge in [0.2, 0.25) is 11.8 Å². The summed E-state index contributed by atoms with van der Waals surface area (Å²) >= 11 is 1.20. The van der Waals surface area contributed by atoms with Gasteiger partial charge in [0.1, 0.15) is 11.5 Å². The number of nitrogens with two attached hydrogens (primary N) is 1. The third kappa shape index (κ3) is 5.01. The highest BCUT2D eigenvalue weighted by molar-refractivity contribution is 7.14. The van der Waals surface area contributed by atoms with Crippen molar-refractivity contribution in [3.05, 3.63) is 59.0 Å². The predicted molar refractivity (Wildman–Crippen MR) is 102 cm³/mol. The summed E-state index contributed by atoms with van der Waals surface area (Å²) in [6.07, 6.45) is 1.56. The van der Waals surface area contributed by atoms with E-state index in [1.54, 1.807) is 23.7 Å². The molecule has 144 valence electrons. The first kappa shape index (κ1) is 19.2. The van der Waals surface area contributed by atoms with E-state index in [1.165, 1.54) is 29.5 Å². The second kappa shape index (κ2) is 8.44. The summed E-state index contributed by atoms with van der Waals surface area (Å²) in [5.74, 6) is -1.84. The van der Waals surface area contributed by atoms with Crippen LogP contribution in [-0.2, 0) is 16.0 Å². The molecule has 0 bridgehead atoms. The molecule has 0 atom stereocenters. The zero-order chi connectivity index (χ0) is 20.1. The minimum atomic E-state index is -0.580. The van der Waals surface area contributed by atoms with Gasteiger partial charge in [-0.05, 0) is 23.8 Å². The van der Waals surface area contributed by atoms with Crippen LogP contribution in [0.5, 0.6) is 0 Å². The number of hydrogen-bond acceptors (Lipinski definition) is 5. The zero-order valence-electron chi connectivity index (χ0n) is 14.5. The van der Waals surface area contributed by atoms with Crippen molar-refractivity contribution in [2.24, 2.45) is 5.73 Å². The molecule has 2 heterocycles. The molecular weight excluding hydrogens is 385 g/mol. The lowest BCUT2D eigenvalue weighted by Crippen LogP contribution is -2.33. The minimum Gasteiger partial charge on any atom is -0.364 e. The lowest BCUT2D eigenvalue weighted by atomic mass is 10.1. The van der Waals surface area contributed by atoms with Crippen molar-refractivity contribution >= 4 is 34.2 Å². The molecule has 28 heavy (non-hydrogen) atoms. The van der Waals surface area contributed by atoms with Crippen LogP contribution in [-0.4, -0.2) is 34.2 Å². The number of nitrogens with one attached hydrogen (secondary N) is 3. The molecule has 0 saturated carbocycles. The number of carbonyl (C=O) groups excluding carboxylic acids is 3. The number of carbonyl (C=O) groups is 3. The lowest BCUT2D eigenvalue weighted by Gasteiger charge is -2.05. The molecule has 0 aliphatic rings. The Morgan fingerprint density at radius 3 is 2.75 bits per heavy atom. The van der Waals surface area contributed by atoms with E-state index in [0.29, 0.717) is 22.0 Å². The first-order valence-electron chi connectivity index (χ1n) is 8.16. The van der Waals surface area contributed by atoms with Gasteiger partial charge in [0, 0.05) is 17.1 Å². The van der Waals surface area contributed by atoms with Crippen molar-refractivity contribution in [1.29, 1.82) is 0 Å². The fourth-order valence-corrected chi connectivity index (χ4v) is 3.12. The molecule has 0 fully saturated rings. The average molecular weight is 401 g/mol. The Balaban J connectivity index is 1.50. The van der Waals surface area contributed by atoms with Crippen molar-refractivity contribution < 1.29 is 18.8 Å². The van der Waals surface area contributed by atoms with E-state index in [9.17, 15) is 18.8 Å². The number of benzene rings is 1. The molecular formula is C18H16FN5O3S. The van der Waals surface area contributed by atoms with Gasteiger partial charge in [0.05, 0.1) is 18.7 Å². The first-order valence-corrected chi connectivity index (χ1v) is 9.04. The summed E-state index contributed by atoms with van der Waals surface area (Å²) in [4.78, 5) is 42.0. The maximum absolute atomic E-state index is 13.1. The molecule has 2 aromatic heterocycles. The highest BCUT2D eigenvalue weighted by Gasteiger charge is 2.12. The number of primary amides is 1. The van der Waals surface area contributed by atoms with Gasteiger partial charge >= 0.3 is 0 Å². The largest absolute Gasteiger partial charge is 0.364 e. The Labute approximate surface area is 163 Å². The van der Waals surface area contributed by atoms with Crippen molar-refractivity contribution in [3.8, 4) is 11.3 Å². The first-order chi connectivity index (χ1) is 13.4. The second-order valence-corrected chi connectivity index (χ2v) is 6.69. The second-order valence-electron chi connectivity index (χ2n) is 5.84. The van der Waals surface area contributed by atoms with Gasteiger partial charge in [-0.25, -0.2) is 9.37 Å². The average Bonchev–Trinajstić information content (AvgIpc) is 3.29. The molecule has 0 spiro atoms. The van der Waals surface area contributed by atoms with E-state index in [4.69, 9.17) is 5.73 Å². The Kier molecular flexibility index (Phi) is 5.80. The SMILES string of the molecule is NC(=O)c1cc(-c2csc(NC(=O)CNC(=O)Cc3cccc(F)c3)n2)c[nH]1. The smallest absolute Gasteiger partial charge is 0.265 e. The van der Waals surface area contributed by atoms with Crippen LogP contribution >= 0.6 is 11.3 Å². The van der Waals surface area contributed by atoms with E-state index in [0.717, 1.165) is 0 Å². The summed E-state index contributed by atoms with van der Waals surface area (Å²) in [5.41, 5.74) is 7.20. The van der Waals surface area contributed by atoms with Crippen LogP contribution in [0, 0.1) is 5.82 Å². The summed E-state index contributed by atoms with van der Waals surface area (Å²) in [5, 5.41) is 7.12. The topological polar surface area (TPSA) is 130 Å². The molecule has 0 saturated heterocycles. The number of nitrogens with zero attached hydrogens (tertiary/aromatic N) is 1. The highest BCUT2D eigenvalue weighted by atomic mass is 32.1. The maximum atomic E-state index is 13.1. The van der Waals surface area contributed by atoms with Gasteiger partial charge in [-0.3, -0.25) is 14.4 Å². The van der Waals surface area contributed by atoms with Crippen molar-refractivity contribution in [2.75, 3.05) is 11.9 Å². The van der Waals surface area contributed by atoms with Crippen molar-refractivity contribution in [1.82, 2.24) is 15.3 Å². The molecule has 0 unspecified atom stereocenters. The zero-order valence-corrected chi connectivity index (χ0v) is 15.3. The number of thiazole rings is 1. The lowest BCUT2D eigenvalue weighted by molar-refractivity contribution is -0.123. The standard InChI is InChI=1S/C18H16FN5O3S/c19-12-3-1-2-10(4-12)5-15(25)22-8-16(26)24-18-23-14(9-28-18)11-6-13(17(20)27)21-7-11/h1-4,6-7,9,21H,5,8H2,(H2,20,27)(H,22,25)(H,23,24,26). The molecule has 5 N–H and O–H groups in total. The number of anilines is 1. The fourth-order valence-electron chi connectivity index (χ4n) is 2.39. The quantitative estimate of drug-likeness (QED) is 0.480. The predicted octanol–water partition coefficient (Wildman–Crippen LogP) is 1.67. The van der Waals surface area contributed by atoms with E-state index in [-0.39, 0.29) is 18.7 Å². The van der Waals surface area contributed by atoms with Crippen LogP contribution in [0.4, 0.5) is 9.52 Å². The third-order valence-corrected chi connectivity index (χ3v) is 4.45. The molecule has 3 amide bonds. The number of aromatic amines is 1. The number of hydrogen-bond donors (Lipinski definition) is 4. The number of aromatic nitrogens is 2. The molecule has 8 nitrogen and oxygen atoms in total. The number of rotatable bonds is 7. The van der Waals surface area contributed by atoms with Crippen LogP contribution in [0.3, 0.4) is 0 Å². The van der Waals surface area contributed by atoms with Crippen molar-refractivity contribution in [2.45, 2.75) is 6.42 Å². The molecule has 10 heteroatoms. The molecule has 1 aromatic carbocycles.